The SMILES string of the molecule is O=C1CN(C(=O)c2ccc3c(c2)OCO3)[C@@H](c2ccc(F)cc2)c2cc(F)ccc2N1. The van der Waals surface area contributed by atoms with E-state index in [2.05, 4.69) is 5.32 Å². The van der Waals surface area contributed by atoms with Gasteiger partial charge >= 0.3 is 0 Å². The van der Waals surface area contributed by atoms with E-state index in [0.717, 1.165) is 0 Å². The Kier molecular flexibility index (Phi) is 4.54. The highest BCUT2D eigenvalue weighted by atomic mass is 19.1. The molecule has 156 valence electrons. The minimum atomic E-state index is -0.817. The zero-order valence-electron chi connectivity index (χ0n) is 16.1. The first-order valence-electron chi connectivity index (χ1n) is 9.55. The molecule has 0 aromatic heterocycles. The van der Waals surface area contributed by atoms with Crippen molar-refractivity contribution >= 4 is 17.5 Å². The Bertz CT molecular complexity index is 1200. The Morgan fingerprint density at radius 1 is 0.935 bits per heavy atom. The summed E-state index contributed by atoms with van der Waals surface area (Å²) in [6.45, 7) is -0.213. The van der Waals surface area contributed by atoms with Gasteiger partial charge in [-0.2, -0.15) is 0 Å². The van der Waals surface area contributed by atoms with E-state index in [9.17, 15) is 18.4 Å². The predicted octanol–water partition coefficient (Wildman–Crippen LogP) is 3.88. The van der Waals surface area contributed by atoms with Crippen molar-refractivity contribution in [2.45, 2.75) is 6.04 Å². The standard InChI is InChI=1S/C23H16F2N2O4/c24-15-4-1-13(2-5-15)22-17-10-16(25)6-7-18(17)26-21(28)11-27(22)23(29)14-3-8-19-20(9-14)31-12-30-19/h1-10,22H,11-12H2,(H,26,28)/t22-/m0/s1. The first-order valence-corrected chi connectivity index (χ1v) is 9.55. The van der Waals surface area contributed by atoms with Gasteiger partial charge in [0.25, 0.3) is 5.91 Å². The molecule has 1 N–H and O–H groups in total. The minimum absolute atomic E-state index is 0.0595. The highest BCUT2D eigenvalue weighted by molar-refractivity contribution is 6.01. The van der Waals surface area contributed by atoms with Gasteiger partial charge in [-0.15, -0.1) is 0 Å². The summed E-state index contributed by atoms with van der Waals surface area (Å²) in [6, 6.07) is 13.4. The number of carbonyl (C=O) groups excluding carboxylic acids is 2. The Balaban J connectivity index is 1.65. The van der Waals surface area contributed by atoms with Crippen molar-refractivity contribution in [1.82, 2.24) is 4.90 Å². The molecule has 0 saturated heterocycles. The quantitative estimate of drug-likeness (QED) is 0.681. The van der Waals surface area contributed by atoms with Crippen LogP contribution in [-0.4, -0.2) is 30.1 Å². The highest BCUT2D eigenvalue weighted by Gasteiger charge is 2.34. The van der Waals surface area contributed by atoms with Gasteiger partial charge in [-0.3, -0.25) is 9.59 Å². The number of amides is 2. The molecule has 3 aromatic carbocycles. The molecule has 2 amide bonds. The van der Waals surface area contributed by atoms with Crippen LogP contribution in [0.5, 0.6) is 11.5 Å². The van der Waals surface area contributed by atoms with E-state index in [1.807, 2.05) is 0 Å². The average molecular weight is 422 g/mol. The van der Waals surface area contributed by atoms with Crippen LogP contribution < -0.4 is 14.8 Å². The Labute approximate surface area is 176 Å². The summed E-state index contributed by atoms with van der Waals surface area (Å²) < 4.78 is 38.4. The highest BCUT2D eigenvalue weighted by Crippen LogP contribution is 2.38. The van der Waals surface area contributed by atoms with Gasteiger partial charge in [0.05, 0.1) is 6.04 Å². The van der Waals surface area contributed by atoms with Crippen molar-refractivity contribution < 1.29 is 27.8 Å². The lowest BCUT2D eigenvalue weighted by molar-refractivity contribution is -0.117. The van der Waals surface area contributed by atoms with Crippen LogP contribution in [0, 0.1) is 11.6 Å². The van der Waals surface area contributed by atoms with Crippen molar-refractivity contribution in [3.8, 4) is 11.5 Å². The van der Waals surface area contributed by atoms with E-state index in [4.69, 9.17) is 9.47 Å². The van der Waals surface area contributed by atoms with Crippen molar-refractivity contribution in [1.29, 1.82) is 0 Å². The van der Waals surface area contributed by atoms with Crippen LogP contribution in [0.4, 0.5) is 14.5 Å². The van der Waals surface area contributed by atoms with E-state index in [1.54, 1.807) is 18.2 Å². The van der Waals surface area contributed by atoms with Crippen LogP contribution in [0.3, 0.4) is 0 Å². The van der Waals surface area contributed by atoms with Crippen molar-refractivity contribution in [2.75, 3.05) is 18.7 Å². The third kappa shape index (κ3) is 3.46. The molecule has 0 spiro atoms. The number of hydrogen-bond acceptors (Lipinski definition) is 4. The third-order valence-corrected chi connectivity index (χ3v) is 5.27. The number of rotatable bonds is 2. The molecule has 0 aliphatic carbocycles. The molecule has 31 heavy (non-hydrogen) atoms. The molecule has 0 bridgehead atoms. The number of carbonyl (C=O) groups is 2. The normalized spacial score (nSPS) is 17.0. The predicted molar refractivity (Wildman–Crippen MR) is 107 cm³/mol. The van der Waals surface area contributed by atoms with Gasteiger partial charge in [0.1, 0.15) is 18.2 Å². The molecule has 2 aliphatic heterocycles. The Morgan fingerprint density at radius 2 is 1.68 bits per heavy atom. The summed E-state index contributed by atoms with van der Waals surface area (Å²) in [5.41, 5.74) is 1.61. The lowest BCUT2D eigenvalue weighted by atomic mass is 9.95. The monoisotopic (exact) mass is 422 g/mol. The van der Waals surface area contributed by atoms with Crippen LogP contribution in [0.2, 0.25) is 0 Å². The van der Waals surface area contributed by atoms with E-state index >= 15 is 0 Å². The van der Waals surface area contributed by atoms with Crippen molar-refractivity contribution in [3.63, 3.8) is 0 Å². The summed E-state index contributed by atoms with van der Waals surface area (Å²) in [4.78, 5) is 27.5. The van der Waals surface area contributed by atoms with Gasteiger partial charge in [0, 0.05) is 16.8 Å². The van der Waals surface area contributed by atoms with Gasteiger partial charge < -0.3 is 19.7 Å². The number of fused-ring (bicyclic) bond motifs is 2. The maximum atomic E-state index is 14.2. The van der Waals surface area contributed by atoms with Crippen molar-refractivity contribution in [2.24, 2.45) is 0 Å². The Morgan fingerprint density at radius 3 is 2.48 bits per heavy atom. The smallest absolute Gasteiger partial charge is 0.255 e. The number of nitrogens with one attached hydrogen (secondary N) is 1. The topological polar surface area (TPSA) is 67.9 Å². The van der Waals surface area contributed by atoms with E-state index in [-0.39, 0.29) is 18.9 Å². The minimum Gasteiger partial charge on any atom is -0.454 e. The van der Waals surface area contributed by atoms with Gasteiger partial charge in [-0.1, -0.05) is 12.1 Å². The number of halogens is 2. The van der Waals surface area contributed by atoms with Gasteiger partial charge in [0.15, 0.2) is 11.5 Å². The van der Waals surface area contributed by atoms with E-state index < -0.39 is 29.5 Å². The molecule has 3 aromatic rings. The van der Waals surface area contributed by atoms with E-state index in [1.165, 1.54) is 47.4 Å². The fraction of sp³-hybridized carbons (Fsp3) is 0.130. The molecule has 1 atom stereocenters. The zero-order chi connectivity index (χ0) is 21.5. The Hall–Kier alpha value is -3.94. The van der Waals surface area contributed by atoms with E-state index in [0.29, 0.717) is 28.3 Å². The molecule has 8 heteroatoms. The first-order chi connectivity index (χ1) is 15.0. The maximum Gasteiger partial charge on any atom is 0.255 e. The molecule has 0 fully saturated rings. The second-order valence-electron chi connectivity index (χ2n) is 7.23. The number of benzene rings is 3. The molecule has 0 unspecified atom stereocenters. The molecule has 0 saturated carbocycles. The summed E-state index contributed by atoms with van der Waals surface area (Å²) in [5.74, 6) is -0.897. The lowest BCUT2D eigenvalue weighted by Crippen LogP contribution is -2.39. The van der Waals surface area contributed by atoms with Gasteiger partial charge in [0.2, 0.25) is 12.7 Å². The average Bonchev–Trinajstić information content (AvgIpc) is 3.18. The summed E-state index contributed by atoms with van der Waals surface area (Å²) in [6.07, 6.45) is 0. The zero-order valence-corrected chi connectivity index (χ0v) is 16.1. The molecule has 0 radical (unpaired) electrons. The van der Waals surface area contributed by atoms with Crippen LogP contribution in [0.25, 0.3) is 0 Å². The summed E-state index contributed by atoms with van der Waals surface area (Å²) >= 11 is 0. The van der Waals surface area contributed by atoms with Gasteiger partial charge in [-0.25, -0.2) is 8.78 Å². The molecule has 6 nitrogen and oxygen atoms in total. The molecular weight excluding hydrogens is 406 g/mol. The fourth-order valence-corrected chi connectivity index (χ4v) is 3.87. The largest absolute Gasteiger partial charge is 0.454 e. The molecular formula is C23H16F2N2O4. The summed E-state index contributed by atoms with van der Waals surface area (Å²) in [7, 11) is 0. The fourth-order valence-electron chi connectivity index (χ4n) is 3.87. The maximum absolute atomic E-state index is 14.2. The van der Waals surface area contributed by atoms with Gasteiger partial charge in [-0.05, 0) is 54.1 Å². The number of hydrogen-bond donors (Lipinski definition) is 1. The second-order valence-corrected chi connectivity index (χ2v) is 7.23. The van der Waals surface area contributed by atoms with Crippen LogP contribution >= 0.6 is 0 Å². The summed E-state index contributed by atoms with van der Waals surface area (Å²) in [5, 5.41) is 2.72. The van der Waals surface area contributed by atoms with Crippen LogP contribution in [0.1, 0.15) is 27.5 Å². The van der Waals surface area contributed by atoms with Crippen LogP contribution in [-0.2, 0) is 4.79 Å². The molecule has 2 heterocycles. The van der Waals surface area contributed by atoms with Crippen molar-refractivity contribution in [3.05, 3.63) is 89.0 Å². The third-order valence-electron chi connectivity index (χ3n) is 5.27. The molecule has 5 rings (SSSR count). The lowest BCUT2D eigenvalue weighted by Gasteiger charge is -2.30. The second kappa shape index (κ2) is 7.39. The molecule has 2 aliphatic rings. The number of anilines is 1. The number of ether oxygens (including phenoxy) is 2. The first kappa shape index (κ1) is 19.0. The number of nitrogens with zero attached hydrogens (tertiary/aromatic N) is 1. The van der Waals surface area contributed by atoms with Crippen LogP contribution in [0.15, 0.2) is 60.7 Å².